The van der Waals surface area contributed by atoms with E-state index in [1.54, 1.807) is 24.3 Å². The molecule has 1 aliphatic rings. The first-order valence-electron chi connectivity index (χ1n) is 7.53. The van der Waals surface area contributed by atoms with E-state index in [1.165, 1.54) is 26.2 Å². The van der Waals surface area contributed by atoms with Gasteiger partial charge in [-0.15, -0.1) is 0 Å². The lowest BCUT2D eigenvalue weighted by atomic mass is 9.96. The molecular weight excluding hydrogens is 324 g/mol. The molecule has 0 amide bonds. The van der Waals surface area contributed by atoms with Gasteiger partial charge in [-0.25, -0.2) is 0 Å². The molecule has 2 rings (SSSR count). The molecule has 1 heterocycles. The second-order valence-corrected chi connectivity index (χ2v) is 5.26. The van der Waals surface area contributed by atoms with Gasteiger partial charge in [0.05, 0.1) is 7.11 Å². The molecule has 1 aromatic carbocycles. The quantitative estimate of drug-likeness (QED) is 0.328. The summed E-state index contributed by atoms with van der Waals surface area (Å²) in [4.78, 5) is 35.7. The van der Waals surface area contributed by atoms with Crippen molar-refractivity contribution in [3.05, 3.63) is 54.3 Å². The van der Waals surface area contributed by atoms with Crippen LogP contribution in [-0.4, -0.2) is 31.3 Å². The maximum atomic E-state index is 12.2. The number of rotatable bonds is 7. The molecule has 0 radical (unpaired) electrons. The second-order valence-electron chi connectivity index (χ2n) is 5.26. The molecule has 0 bridgehead atoms. The lowest BCUT2D eigenvalue weighted by molar-refractivity contribution is -0.151. The third-order valence-corrected chi connectivity index (χ3v) is 3.40. The minimum absolute atomic E-state index is 0.183. The number of carbonyl (C=O) groups is 3. The summed E-state index contributed by atoms with van der Waals surface area (Å²) in [5.74, 6) is -2.30. The number of methoxy groups -OCH3 is 1. The molecule has 1 atom stereocenters. The molecule has 6 heteroatoms. The summed E-state index contributed by atoms with van der Waals surface area (Å²) in [6, 6.07) is 5.08. The molecule has 0 aromatic heterocycles. The number of carbonyl (C=O) groups excluding carboxylic acids is 3. The van der Waals surface area contributed by atoms with Crippen molar-refractivity contribution < 1.29 is 28.6 Å². The van der Waals surface area contributed by atoms with Crippen LogP contribution in [0.25, 0.3) is 6.08 Å². The number of ether oxygens (including phenoxy) is 3. The van der Waals surface area contributed by atoms with Crippen LogP contribution in [-0.2, 0) is 19.1 Å². The molecule has 0 aliphatic carbocycles. The van der Waals surface area contributed by atoms with Crippen LogP contribution in [0, 0.1) is 5.92 Å². The van der Waals surface area contributed by atoms with Crippen molar-refractivity contribution in [1.29, 1.82) is 0 Å². The van der Waals surface area contributed by atoms with E-state index < -0.39 is 23.5 Å². The Morgan fingerprint density at radius 1 is 1.32 bits per heavy atom. The van der Waals surface area contributed by atoms with Gasteiger partial charge in [-0.3, -0.25) is 14.4 Å². The van der Waals surface area contributed by atoms with E-state index >= 15 is 0 Å². The molecule has 0 saturated carbocycles. The third kappa shape index (κ3) is 4.44. The summed E-state index contributed by atoms with van der Waals surface area (Å²) < 4.78 is 15.5. The number of cyclic esters (lactones) is 1. The van der Waals surface area contributed by atoms with E-state index in [2.05, 4.69) is 6.58 Å². The molecule has 1 aromatic rings. The molecule has 0 N–H and O–H groups in total. The Labute approximate surface area is 145 Å². The fourth-order valence-corrected chi connectivity index (χ4v) is 2.23. The Hall–Kier alpha value is -3.15. The van der Waals surface area contributed by atoms with Gasteiger partial charge in [0.15, 0.2) is 29.0 Å². The zero-order chi connectivity index (χ0) is 18.4. The van der Waals surface area contributed by atoms with Crippen LogP contribution in [0.1, 0.15) is 12.5 Å². The van der Waals surface area contributed by atoms with Gasteiger partial charge in [-0.05, 0) is 30.7 Å². The van der Waals surface area contributed by atoms with Crippen LogP contribution >= 0.6 is 0 Å². The maximum absolute atomic E-state index is 12.2. The highest BCUT2D eigenvalue weighted by molar-refractivity contribution is 6.25. The highest BCUT2D eigenvalue weighted by Crippen LogP contribution is 2.28. The molecule has 6 nitrogen and oxygen atoms in total. The topological polar surface area (TPSA) is 78.9 Å². The summed E-state index contributed by atoms with van der Waals surface area (Å²) in [5.41, 5.74) is 0.652. The van der Waals surface area contributed by atoms with E-state index in [1.807, 2.05) is 0 Å². The minimum Gasteiger partial charge on any atom is -0.493 e. The average molecular weight is 342 g/mol. The van der Waals surface area contributed by atoms with Crippen LogP contribution < -0.4 is 9.47 Å². The number of hydrogen-bond acceptors (Lipinski definition) is 6. The van der Waals surface area contributed by atoms with E-state index in [0.717, 1.165) is 6.08 Å². The molecule has 25 heavy (non-hydrogen) atoms. The van der Waals surface area contributed by atoms with Gasteiger partial charge < -0.3 is 14.2 Å². The van der Waals surface area contributed by atoms with Gasteiger partial charge >= 0.3 is 5.97 Å². The SMILES string of the molecule is C=CCOc1ccc(/C=C\C(=O)[C@H]2C(=O)C=C(C)OC2=O)cc1OC. The number of ketones is 2. The van der Waals surface area contributed by atoms with Gasteiger partial charge in [0.25, 0.3) is 0 Å². The molecule has 0 unspecified atom stereocenters. The van der Waals surface area contributed by atoms with E-state index in [4.69, 9.17) is 14.2 Å². The van der Waals surface area contributed by atoms with Crippen molar-refractivity contribution >= 4 is 23.6 Å². The van der Waals surface area contributed by atoms with Crippen LogP contribution in [0.15, 0.2) is 48.8 Å². The van der Waals surface area contributed by atoms with Crippen LogP contribution in [0.5, 0.6) is 11.5 Å². The first kappa shape index (κ1) is 18.2. The zero-order valence-corrected chi connectivity index (χ0v) is 14.0. The zero-order valence-electron chi connectivity index (χ0n) is 14.0. The largest absolute Gasteiger partial charge is 0.493 e. The van der Waals surface area contributed by atoms with Crippen LogP contribution in [0.3, 0.4) is 0 Å². The van der Waals surface area contributed by atoms with Crippen molar-refractivity contribution in [3.63, 3.8) is 0 Å². The van der Waals surface area contributed by atoms with Crippen LogP contribution in [0.4, 0.5) is 0 Å². The smallest absolute Gasteiger partial charge is 0.329 e. The standard InChI is InChI=1S/C19H18O6/c1-4-9-24-16-8-6-13(11-17(16)23-3)5-7-14(20)18-15(21)10-12(2)25-19(18)22/h4-8,10-11,18H,1,9H2,2-3H3/b7-5-/t18-/m0/s1. The highest BCUT2D eigenvalue weighted by Gasteiger charge is 2.36. The minimum atomic E-state index is -1.45. The first-order chi connectivity index (χ1) is 12.0. The summed E-state index contributed by atoms with van der Waals surface area (Å²) >= 11 is 0. The number of allylic oxidation sites excluding steroid dienone is 3. The number of esters is 1. The summed E-state index contributed by atoms with van der Waals surface area (Å²) in [6.07, 6.45) is 5.43. The first-order valence-corrected chi connectivity index (χ1v) is 7.53. The Kier molecular flexibility index (Phi) is 5.89. The Balaban J connectivity index is 2.15. The lowest BCUT2D eigenvalue weighted by Crippen LogP contribution is -2.34. The van der Waals surface area contributed by atoms with Crippen molar-refractivity contribution in [1.82, 2.24) is 0 Å². The maximum Gasteiger partial charge on any atom is 0.329 e. The summed E-state index contributed by atoms with van der Waals surface area (Å²) in [6.45, 7) is 5.39. The van der Waals surface area contributed by atoms with E-state index in [0.29, 0.717) is 23.7 Å². The van der Waals surface area contributed by atoms with Gasteiger partial charge in [0.2, 0.25) is 0 Å². The van der Waals surface area contributed by atoms with Gasteiger partial charge in [-0.1, -0.05) is 24.8 Å². The molecule has 0 spiro atoms. The van der Waals surface area contributed by atoms with E-state index in [9.17, 15) is 14.4 Å². The molecule has 130 valence electrons. The Morgan fingerprint density at radius 3 is 2.72 bits per heavy atom. The fraction of sp³-hybridized carbons (Fsp3) is 0.211. The number of hydrogen-bond donors (Lipinski definition) is 0. The Bertz CT molecular complexity index is 772. The molecule has 0 fully saturated rings. The predicted octanol–water partition coefficient (Wildman–Crippen LogP) is 2.49. The van der Waals surface area contributed by atoms with Crippen molar-refractivity contribution in [2.45, 2.75) is 6.92 Å². The molecule has 0 saturated heterocycles. The van der Waals surface area contributed by atoms with Gasteiger partial charge in [0.1, 0.15) is 12.4 Å². The third-order valence-electron chi connectivity index (χ3n) is 3.40. The van der Waals surface area contributed by atoms with Crippen molar-refractivity contribution in [3.8, 4) is 11.5 Å². The molecule has 1 aliphatic heterocycles. The van der Waals surface area contributed by atoms with Crippen molar-refractivity contribution in [2.75, 3.05) is 13.7 Å². The second kappa shape index (κ2) is 8.10. The monoisotopic (exact) mass is 342 g/mol. The average Bonchev–Trinajstić information content (AvgIpc) is 2.57. The van der Waals surface area contributed by atoms with Gasteiger partial charge in [0, 0.05) is 6.08 Å². The van der Waals surface area contributed by atoms with Crippen molar-refractivity contribution in [2.24, 2.45) is 5.92 Å². The highest BCUT2D eigenvalue weighted by atomic mass is 16.5. The predicted molar refractivity (Wildman–Crippen MR) is 91.1 cm³/mol. The van der Waals surface area contributed by atoms with Crippen LogP contribution in [0.2, 0.25) is 0 Å². The van der Waals surface area contributed by atoms with Gasteiger partial charge in [-0.2, -0.15) is 0 Å². The van der Waals surface area contributed by atoms with E-state index in [-0.39, 0.29) is 5.76 Å². The summed E-state index contributed by atoms with van der Waals surface area (Å²) in [7, 11) is 1.50. The summed E-state index contributed by atoms with van der Waals surface area (Å²) in [5, 5.41) is 0. The number of benzene rings is 1. The Morgan fingerprint density at radius 2 is 2.08 bits per heavy atom. The fourth-order valence-electron chi connectivity index (χ4n) is 2.23. The normalized spacial score (nSPS) is 17.0. The molecular formula is C19H18O6. The lowest BCUT2D eigenvalue weighted by Gasteiger charge is -2.15.